The highest BCUT2D eigenvalue weighted by atomic mass is 16.5. The van der Waals surface area contributed by atoms with Gasteiger partial charge in [0.1, 0.15) is 5.72 Å². The minimum absolute atomic E-state index is 0.0794. The molecular formula is C10H21NO. The Kier molecular flexibility index (Phi) is 3.53. The van der Waals surface area contributed by atoms with E-state index in [2.05, 4.69) is 25.8 Å². The summed E-state index contributed by atoms with van der Waals surface area (Å²) in [4.78, 5) is 2.36. The van der Waals surface area contributed by atoms with Crippen molar-refractivity contribution in [2.24, 2.45) is 0 Å². The van der Waals surface area contributed by atoms with Crippen molar-refractivity contribution in [2.75, 3.05) is 20.2 Å². The Morgan fingerprint density at radius 3 is 2.58 bits per heavy atom. The van der Waals surface area contributed by atoms with Crippen LogP contribution in [0.25, 0.3) is 0 Å². The van der Waals surface area contributed by atoms with E-state index in [9.17, 15) is 0 Å². The summed E-state index contributed by atoms with van der Waals surface area (Å²) in [6.07, 6.45) is 4.84. The van der Waals surface area contributed by atoms with Gasteiger partial charge >= 0.3 is 0 Å². The summed E-state index contributed by atoms with van der Waals surface area (Å²) >= 11 is 0. The van der Waals surface area contributed by atoms with E-state index >= 15 is 0 Å². The van der Waals surface area contributed by atoms with E-state index in [0.29, 0.717) is 0 Å². The van der Waals surface area contributed by atoms with Crippen LogP contribution in [0, 0.1) is 0 Å². The van der Waals surface area contributed by atoms with Crippen LogP contribution in [0.15, 0.2) is 0 Å². The zero-order valence-corrected chi connectivity index (χ0v) is 8.60. The Balaban J connectivity index is 2.49. The monoisotopic (exact) mass is 171 g/mol. The maximum atomic E-state index is 5.83. The molecule has 1 unspecified atom stereocenters. The van der Waals surface area contributed by atoms with Crippen molar-refractivity contribution in [1.82, 2.24) is 4.90 Å². The lowest BCUT2D eigenvalue weighted by Gasteiger charge is -2.33. The number of unbranched alkanes of at least 4 members (excludes halogenated alkanes) is 1. The zero-order chi connectivity index (χ0) is 9.03. The zero-order valence-electron chi connectivity index (χ0n) is 8.60. The van der Waals surface area contributed by atoms with Gasteiger partial charge in [0.15, 0.2) is 0 Å². The maximum absolute atomic E-state index is 5.83. The van der Waals surface area contributed by atoms with E-state index in [4.69, 9.17) is 4.74 Å². The van der Waals surface area contributed by atoms with Gasteiger partial charge in [-0.1, -0.05) is 20.3 Å². The highest BCUT2D eigenvalue weighted by Crippen LogP contribution is 2.30. The lowest BCUT2D eigenvalue weighted by Crippen LogP contribution is -2.41. The second-order valence-electron chi connectivity index (χ2n) is 3.67. The van der Waals surface area contributed by atoms with E-state index in [1.807, 2.05) is 0 Å². The molecule has 12 heavy (non-hydrogen) atoms. The van der Waals surface area contributed by atoms with E-state index in [0.717, 1.165) is 19.6 Å². The number of nitrogens with zero attached hydrogens (tertiary/aromatic N) is 1. The fourth-order valence-corrected chi connectivity index (χ4v) is 1.95. The smallest absolute Gasteiger partial charge is 0.121 e. The second-order valence-corrected chi connectivity index (χ2v) is 3.67. The SMILES string of the molecule is CCCCC1(CC)OCCN1C. The Labute approximate surface area is 75.9 Å². The standard InChI is InChI=1S/C10H21NO/c1-4-6-7-10(5-2)11(3)8-9-12-10/h4-9H2,1-3H3. The summed E-state index contributed by atoms with van der Waals surface area (Å²) in [5.74, 6) is 0. The molecule has 0 aliphatic carbocycles. The van der Waals surface area contributed by atoms with Crippen LogP contribution < -0.4 is 0 Å². The van der Waals surface area contributed by atoms with Gasteiger partial charge in [-0.15, -0.1) is 0 Å². The lowest BCUT2D eigenvalue weighted by atomic mass is 10.0. The summed E-state index contributed by atoms with van der Waals surface area (Å²) in [6.45, 7) is 6.46. The molecule has 0 radical (unpaired) electrons. The number of hydrogen-bond acceptors (Lipinski definition) is 2. The van der Waals surface area contributed by atoms with Crippen LogP contribution in [0.2, 0.25) is 0 Å². The molecule has 1 aliphatic rings. The van der Waals surface area contributed by atoms with Gasteiger partial charge in [0, 0.05) is 6.54 Å². The number of likely N-dealkylation sites (N-methyl/N-ethyl adjacent to an activating group) is 1. The van der Waals surface area contributed by atoms with Crippen LogP contribution in [-0.2, 0) is 4.74 Å². The highest BCUT2D eigenvalue weighted by Gasteiger charge is 2.37. The molecule has 0 saturated carbocycles. The summed E-state index contributed by atoms with van der Waals surface area (Å²) in [6, 6.07) is 0. The first-order valence-corrected chi connectivity index (χ1v) is 5.10. The molecule has 0 N–H and O–H groups in total. The van der Waals surface area contributed by atoms with Crippen LogP contribution in [0.3, 0.4) is 0 Å². The van der Waals surface area contributed by atoms with Crippen molar-refractivity contribution >= 4 is 0 Å². The quantitative estimate of drug-likeness (QED) is 0.643. The molecule has 0 bridgehead atoms. The molecule has 1 atom stereocenters. The molecule has 1 aliphatic heterocycles. The molecule has 1 rings (SSSR count). The van der Waals surface area contributed by atoms with Gasteiger partial charge in [-0.05, 0) is 26.3 Å². The van der Waals surface area contributed by atoms with Gasteiger partial charge in [-0.2, -0.15) is 0 Å². The number of hydrogen-bond donors (Lipinski definition) is 0. The molecule has 1 heterocycles. The molecule has 0 amide bonds. The Bertz CT molecular complexity index is 138. The Morgan fingerprint density at radius 2 is 2.17 bits per heavy atom. The van der Waals surface area contributed by atoms with E-state index in [1.54, 1.807) is 0 Å². The minimum Gasteiger partial charge on any atom is -0.359 e. The largest absolute Gasteiger partial charge is 0.359 e. The van der Waals surface area contributed by atoms with Crippen molar-refractivity contribution in [3.8, 4) is 0 Å². The molecule has 0 aromatic carbocycles. The minimum atomic E-state index is 0.0794. The third-order valence-corrected chi connectivity index (χ3v) is 2.97. The van der Waals surface area contributed by atoms with E-state index in [-0.39, 0.29) is 5.72 Å². The third-order valence-electron chi connectivity index (χ3n) is 2.97. The van der Waals surface area contributed by atoms with Crippen LogP contribution >= 0.6 is 0 Å². The summed E-state index contributed by atoms with van der Waals surface area (Å²) in [5, 5.41) is 0. The predicted octanol–water partition coefficient (Wildman–Crippen LogP) is 2.24. The fraction of sp³-hybridized carbons (Fsp3) is 1.00. The van der Waals surface area contributed by atoms with Gasteiger partial charge < -0.3 is 4.74 Å². The van der Waals surface area contributed by atoms with E-state index < -0.39 is 0 Å². The van der Waals surface area contributed by atoms with Crippen LogP contribution in [0.4, 0.5) is 0 Å². The first-order chi connectivity index (χ1) is 5.75. The van der Waals surface area contributed by atoms with Gasteiger partial charge in [-0.25, -0.2) is 0 Å². The molecular weight excluding hydrogens is 150 g/mol. The van der Waals surface area contributed by atoms with Crippen LogP contribution in [0.1, 0.15) is 39.5 Å². The Morgan fingerprint density at radius 1 is 1.42 bits per heavy atom. The predicted molar refractivity (Wildman–Crippen MR) is 51.1 cm³/mol. The van der Waals surface area contributed by atoms with Gasteiger partial charge in [0.2, 0.25) is 0 Å². The molecule has 0 spiro atoms. The van der Waals surface area contributed by atoms with E-state index in [1.165, 1.54) is 19.3 Å². The van der Waals surface area contributed by atoms with Crippen molar-refractivity contribution in [2.45, 2.75) is 45.3 Å². The topological polar surface area (TPSA) is 12.5 Å². The fourth-order valence-electron chi connectivity index (χ4n) is 1.95. The molecule has 1 fully saturated rings. The normalized spacial score (nSPS) is 31.2. The lowest BCUT2D eigenvalue weighted by molar-refractivity contribution is -0.0822. The molecule has 72 valence electrons. The van der Waals surface area contributed by atoms with Gasteiger partial charge in [-0.3, -0.25) is 4.90 Å². The number of rotatable bonds is 4. The molecule has 0 aromatic heterocycles. The average Bonchev–Trinajstić information content (AvgIpc) is 2.45. The summed E-state index contributed by atoms with van der Waals surface area (Å²) in [5.41, 5.74) is 0.0794. The molecule has 2 nitrogen and oxygen atoms in total. The third kappa shape index (κ3) is 1.80. The van der Waals surface area contributed by atoms with Gasteiger partial charge in [0.25, 0.3) is 0 Å². The van der Waals surface area contributed by atoms with Crippen molar-refractivity contribution < 1.29 is 4.74 Å². The van der Waals surface area contributed by atoms with Crippen LogP contribution in [-0.4, -0.2) is 30.8 Å². The maximum Gasteiger partial charge on any atom is 0.121 e. The van der Waals surface area contributed by atoms with Crippen molar-refractivity contribution in [1.29, 1.82) is 0 Å². The first-order valence-electron chi connectivity index (χ1n) is 5.10. The first kappa shape index (κ1) is 10.0. The van der Waals surface area contributed by atoms with Crippen molar-refractivity contribution in [3.05, 3.63) is 0 Å². The summed E-state index contributed by atoms with van der Waals surface area (Å²) < 4.78 is 5.83. The molecule has 0 aromatic rings. The van der Waals surface area contributed by atoms with Crippen LogP contribution in [0.5, 0.6) is 0 Å². The average molecular weight is 171 g/mol. The highest BCUT2D eigenvalue weighted by molar-refractivity contribution is 4.82. The second kappa shape index (κ2) is 4.24. The molecule has 2 heteroatoms. The Hall–Kier alpha value is -0.0800. The summed E-state index contributed by atoms with van der Waals surface area (Å²) in [7, 11) is 2.17. The number of ether oxygens (including phenoxy) is 1. The van der Waals surface area contributed by atoms with Gasteiger partial charge in [0.05, 0.1) is 6.61 Å². The van der Waals surface area contributed by atoms with Crippen molar-refractivity contribution in [3.63, 3.8) is 0 Å². The molecule has 1 saturated heterocycles.